The lowest BCUT2D eigenvalue weighted by Crippen LogP contribution is -2.25. The quantitative estimate of drug-likeness (QED) is 0.651. The van der Waals surface area contributed by atoms with Crippen molar-refractivity contribution in [2.24, 2.45) is 0 Å². The van der Waals surface area contributed by atoms with Crippen LogP contribution in [0.5, 0.6) is 0 Å². The number of thiophene rings is 1. The molecule has 0 saturated heterocycles. The molecule has 0 aliphatic carbocycles. The Morgan fingerprint density at radius 3 is 2.31 bits per heavy atom. The van der Waals surface area contributed by atoms with Crippen molar-refractivity contribution < 1.29 is 9.90 Å². The molecule has 0 spiro atoms. The minimum Gasteiger partial charge on any atom is -0.480 e. The van der Waals surface area contributed by atoms with Gasteiger partial charge in [0.15, 0.2) is 0 Å². The molecule has 2 aromatic carbocycles. The van der Waals surface area contributed by atoms with E-state index in [2.05, 4.69) is 59.3 Å². The van der Waals surface area contributed by atoms with Crippen molar-refractivity contribution in [2.45, 2.75) is 0 Å². The van der Waals surface area contributed by atoms with E-state index in [0.717, 1.165) is 16.7 Å². The van der Waals surface area contributed by atoms with Crippen LogP contribution in [-0.4, -0.2) is 36.1 Å². The van der Waals surface area contributed by atoms with Gasteiger partial charge in [0.1, 0.15) is 0 Å². The molecule has 1 aromatic heterocycles. The van der Waals surface area contributed by atoms with Crippen LogP contribution >= 0.6 is 11.3 Å². The predicted molar refractivity (Wildman–Crippen MR) is 108 cm³/mol. The highest BCUT2D eigenvalue weighted by Gasteiger charge is 2.08. The molecular formula is C22H21NO2S. The van der Waals surface area contributed by atoms with Crippen molar-refractivity contribution in [2.75, 3.05) is 20.1 Å². The molecule has 0 atom stereocenters. The molecule has 132 valence electrons. The first-order chi connectivity index (χ1) is 12.6. The van der Waals surface area contributed by atoms with Crippen LogP contribution in [0, 0.1) is 0 Å². The van der Waals surface area contributed by atoms with E-state index >= 15 is 0 Å². The van der Waals surface area contributed by atoms with E-state index in [0.29, 0.717) is 6.54 Å². The number of carboxylic acid groups (broad SMARTS) is 1. The van der Waals surface area contributed by atoms with Crippen LogP contribution in [0.1, 0.15) is 11.1 Å². The molecule has 3 nitrogen and oxygen atoms in total. The number of carboxylic acids is 1. The summed E-state index contributed by atoms with van der Waals surface area (Å²) in [5.41, 5.74) is 5.79. The van der Waals surface area contributed by atoms with E-state index in [-0.39, 0.29) is 6.54 Å². The molecule has 3 aromatic rings. The summed E-state index contributed by atoms with van der Waals surface area (Å²) < 4.78 is 0. The fraction of sp³-hybridized carbons (Fsp3) is 0.136. The van der Waals surface area contributed by atoms with Gasteiger partial charge in [-0.2, -0.15) is 11.3 Å². The maximum Gasteiger partial charge on any atom is 0.317 e. The van der Waals surface area contributed by atoms with Crippen molar-refractivity contribution in [3.8, 4) is 11.1 Å². The van der Waals surface area contributed by atoms with Gasteiger partial charge >= 0.3 is 5.97 Å². The van der Waals surface area contributed by atoms with E-state index in [1.807, 2.05) is 25.2 Å². The molecule has 4 heteroatoms. The Hall–Kier alpha value is -2.69. The van der Waals surface area contributed by atoms with Gasteiger partial charge in [-0.15, -0.1) is 0 Å². The van der Waals surface area contributed by atoms with Gasteiger partial charge in [0.25, 0.3) is 0 Å². The van der Waals surface area contributed by atoms with Crippen LogP contribution in [0.2, 0.25) is 0 Å². The average molecular weight is 363 g/mol. The Balaban J connectivity index is 1.89. The van der Waals surface area contributed by atoms with Gasteiger partial charge in [-0.1, -0.05) is 60.7 Å². The van der Waals surface area contributed by atoms with Gasteiger partial charge in [0.05, 0.1) is 6.54 Å². The molecular weight excluding hydrogens is 342 g/mol. The minimum absolute atomic E-state index is 0.0235. The third-order valence-electron chi connectivity index (χ3n) is 4.15. The first-order valence-corrected chi connectivity index (χ1v) is 9.36. The number of nitrogens with zero attached hydrogens (tertiary/aromatic N) is 1. The zero-order valence-electron chi connectivity index (χ0n) is 14.6. The van der Waals surface area contributed by atoms with E-state index in [1.54, 1.807) is 16.2 Å². The van der Waals surface area contributed by atoms with Crippen molar-refractivity contribution in [3.05, 3.63) is 88.6 Å². The Morgan fingerprint density at radius 2 is 1.69 bits per heavy atom. The fourth-order valence-corrected chi connectivity index (χ4v) is 3.50. The molecule has 0 saturated carbocycles. The molecule has 1 heterocycles. The zero-order chi connectivity index (χ0) is 18.4. The van der Waals surface area contributed by atoms with Gasteiger partial charge in [-0.3, -0.25) is 9.69 Å². The number of carbonyl (C=O) groups is 1. The smallest absolute Gasteiger partial charge is 0.317 e. The number of rotatable bonds is 7. The Morgan fingerprint density at radius 1 is 1.00 bits per heavy atom. The lowest BCUT2D eigenvalue weighted by atomic mass is 9.96. The summed E-state index contributed by atoms with van der Waals surface area (Å²) in [4.78, 5) is 12.7. The summed E-state index contributed by atoms with van der Waals surface area (Å²) >= 11 is 1.69. The first kappa shape index (κ1) is 18.1. The molecule has 0 aliphatic rings. The SMILES string of the molecule is CN(C/C=C(/c1ccccc1)c1ccc(-c2ccsc2)cc1)CC(=O)O. The minimum atomic E-state index is -0.817. The molecule has 26 heavy (non-hydrogen) atoms. The maximum atomic E-state index is 10.9. The fourth-order valence-electron chi connectivity index (χ4n) is 2.83. The van der Waals surface area contributed by atoms with Gasteiger partial charge < -0.3 is 5.11 Å². The predicted octanol–water partition coefficient (Wildman–Crippen LogP) is 4.86. The zero-order valence-corrected chi connectivity index (χ0v) is 15.4. The Kier molecular flexibility index (Phi) is 6.00. The van der Waals surface area contributed by atoms with E-state index in [4.69, 9.17) is 5.11 Å². The van der Waals surface area contributed by atoms with Crippen LogP contribution in [-0.2, 0) is 4.79 Å². The topological polar surface area (TPSA) is 40.5 Å². The highest BCUT2D eigenvalue weighted by Crippen LogP contribution is 2.27. The van der Waals surface area contributed by atoms with Crippen molar-refractivity contribution >= 4 is 22.9 Å². The monoisotopic (exact) mass is 363 g/mol. The summed E-state index contributed by atoms with van der Waals surface area (Å²) in [6, 6.07) is 20.8. The first-order valence-electron chi connectivity index (χ1n) is 8.42. The van der Waals surface area contributed by atoms with Crippen LogP contribution in [0.4, 0.5) is 0 Å². The maximum absolute atomic E-state index is 10.9. The second-order valence-corrected chi connectivity index (χ2v) is 6.94. The van der Waals surface area contributed by atoms with Gasteiger partial charge in [0, 0.05) is 6.54 Å². The number of aliphatic carboxylic acids is 1. The highest BCUT2D eigenvalue weighted by atomic mass is 32.1. The molecule has 3 rings (SSSR count). The Bertz CT molecular complexity index is 868. The Labute approximate surface area is 157 Å². The molecule has 0 radical (unpaired) electrons. The summed E-state index contributed by atoms with van der Waals surface area (Å²) in [6.07, 6.45) is 2.10. The van der Waals surface area contributed by atoms with E-state index in [9.17, 15) is 4.79 Å². The second kappa shape index (κ2) is 8.61. The van der Waals surface area contributed by atoms with Crippen LogP contribution < -0.4 is 0 Å². The van der Waals surface area contributed by atoms with E-state index < -0.39 is 5.97 Å². The lowest BCUT2D eigenvalue weighted by Gasteiger charge is -2.14. The van der Waals surface area contributed by atoms with Gasteiger partial charge in [0.2, 0.25) is 0 Å². The van der Waals surface area contributed by atoms with Crippen LogP contribution in [0.3, 0.4) is 0 Å². The number of benzene rings is 2. The molecule has 0 fully saturated rings. The third-order valence-corrected chi connectivity index (χ3v) is 4.83. The molecule has 0 bridgehead atoms. The van der Waals surface area contributed by atoms with Gasteiger partial charge in [-0.25, -0.2) is 0 Å². The van der Waals surface area contributed by atoms with Crippen molar-refractivity contribution in [1.29, 1.82) is 0 Å². The molecule has 0 amide bonds. The van der Waals surface area contributed by atoms with Crippen molar-refractivity contribution in [1.82, 2.24) is 4.90 Å². The van der Waals surface area contributed by atoms with Crippen LogP contribution in [0.25, 0.3) is 16.7 Å². The third kappa shape index (κ3) is 4.69. The lowest BCUT2D eigenvalue weighted by molar-refractivity contribution is -0.137. The average Bonchev–Trinajstić information content (AvgIpc) is 3.17. The molecule has 1 N–H and O–H groups in total. The summed E-state index contributed by atoms with van der Waals surface area (Å²) in [5.74, 6) is -0.817. The van der Waals surface area contributed by atoms with Crippen molar-refractivity contribution in [3.63, 3.8) is 0 Å². The standard InChI is InChI=1S/C22H21NO2S/c1-23(15-22(24)25)13-11-21(18-5-3-2-4-6-18)19-9-7-17(8-10-19)20-12-14-26-16-20/h2-12,14,16H,13,15H2,1H3,(H,24,25)/b21-11-. The summed E-state index contributed by atoms with van der Waals surface area (Å²) in [7, 11) is 1.81. The number of hydrogen-bond acceptors (Lipinski definition) is 3. The largest absolute Gasteiger partial charge is 0.480 e. The summed E-state index contributed by atoms with van der Waals surface area (Å²) in [5, 5.41) is 13.2. The van der Waals surface area contributed by atoms with Crippen LogP contribution in [0.15, 0.2) is 77.5 Å². The molecule has 0 unspecified atom stereocenters. The summed E-state index contributed by atoms with van der Waals surface area (Å²) in [6.45, 7) is 0.596. The van der Waals surface area contributed by atoms with E-state index in [1.165, 1.54) is 11.1 Å². The van der Waals surface area contributed by atoms with Gasteiger partial charge in [-0.05, 0) is 51.7 Å². The number of likely N-dealkylation sites (N-methyl/N-ethyl adjacent to an activating group) is 1. The molecule has 0 aliphatic heterocycles. The second-order valence-electron chi connectivity index (χ2n) is 6.16. The highest BCUT2D eigenvalue weighted by molar-refractivity contribution is 7.08. The number of hydrogen-bond donors (Lipinski definition) is 1. The normalized spacial score (nSPS) is 11.7.